The van der Waals surface area contributed by atoms with Crippen LogP contribution < -0.4 is 0 Å². The molecule has 0 spiro atoms. The predicted octanol–water partition coefficient (Wildman–Crippen LogP) is 2.87. The average Bonchev–Trinajstić information content (AvgIpc) is 3.09. The van der Waals surface area contributed by atoms with Crippen molar-refractivity contribution in [3.63, 3.8) is 0 Å². The average molecular weight is 370 g/mol. The van der Waals surface area contributed by atoms with Crippen LogP contribution in [0.2, 0.25) is 0 Å². The van der Waals surface area contributed by atoms with Crippen LogP contribution in [0.15, 0.2) is 30.6 Å². The number of nitrogens with zero attached hydrogens (tertiary/aromatic N) is 4. The summed E-state index contributed by atoms with van der Waals surface area (Å²) >= 11 is 0. The summed E-state index contributed by atoms with van der Waals surface area (Å²) < 4.78 is 2.23. The molecule has 0 aliphatic carbocycles. The molecule has 27 heavy (non-hydrogen) atoms. The molecular formula is C21H30N4O2. The molecule has 1 aliphatic heterocycles. The second-order valence-corrected chi connectivity index (χ2v) is 7.75. The Hall–Kier alpha value is -2.34. The summed E-state index contributed by atoms with van der Waals surface area (Å²) in [5.41, 5.74) is 1.33. The van der Waals surface area contributed by atoms with Gasteiger partial charge >= 0.3 is 0 Å². The highest BCUT2D eigenvalue weighted by Crippen LogP contribution is 2.28. The summed E-state index contributed by atoms with van der Waals surface area (Å²) in [5.74, 6) is 1.28. The molecule has 1 saturated heterocycles. The van der Waals surface area contributed by atoms with Crippen molar-refractivity contribution >= 4 is 5.91 Å². The van der Waals surface area contributed by atoms with E-state index < -0.39 is 0 Å². The standard InChI is InChI=1S/C21H30N4O2/c1-16-7-8-18(19(26)14-16)21(27)25-11-4-6-17(15-25)20-22-9-13-24(20)12-5-10-23(2)3/h7-9,13-14,17,26H,4-6,10-12,15H2,1-3H3/t17-/m1/s1. The van der Waals surface area contributed by atoms with Crippen LogP contribution in [0.3, 0.4) is 0 Å². The van der Waals surface area contributed by atoms with Gasteiger partial charge in [0.1, 0.15) is 11.6 Å². The third-order valence-electron chi connectivity index (χ3n) is 5.21. The van der Waals surface area contributed by atoms with E-state index in [0.717, 1.165) is 50.3 Å². The number of hydrogen-bond acceptors (Lipinski definition) is 4. The monoisotopic (exact) mass is 370 g/mol. The second-order valence-electron chi connectivity index (χ2n) is 7.75. The summed E-state index contributed by atoms with van der Waals surface area (Å²) in [6.07, 6.45) is 6.96. The third-order valence-corrected chi connectivity index (χ3v) is 5.21. The van der Waals surface area contributed by atoms with Crippen molar-refractivity contribution in [2.75, 3.05) is 33.7 Å². The van der Waals surface area contributed by atoms with Crippen molar-refractivity contribution in [2.24, 2.45) is 0 Å². The first-order chi connectivity index (χ1) is 13.0. The number of piperidine rings is 1. The van der Waals surface area contributed by atoms with Crippen molar-refractivity contribution in [2.45, 2.75) is 38.6 Å². The van der Waals surface area contributed by atoms with E-state index in [4.69, 9.17) is 0 Å². The lowest BCUT2D eigenvalue weighted by Crippen LogP contribution is -2.39. The van der Waals surface area contributed by atoms with Crippen LogP contribution in [0.4, 0.5) is 0 Å². The molecule has 2 heterocycles. The minimum absolute atomic E-state index is 0.0623. The van der Waals surface area contributed by atoms with Gasteiger partial charge in [-0.05, 0) is 64.5 Å². The maximum Gasteiger partial charge on any atom is 0.257 e. The van der Waals surface area contributed by atoms with Crippen LogP contribution in [0.5, 0.6) is 5.75 Å². The van der Waals surface area contributed by atoms with Gasteiger partial charge in [0, 0.05) is 37.9 Å². The van der Waals surface area contributed by atoms with E-state index >= 15 is 0 Å². The number of carbonyl (C=O) groups is 1. The SMILES string of the molecule is Cc1ccc(C(=O)N2CCC[C@@H](c3nccn3CCCN(C)C)C2)c(O)c1. The minimum atomic E-state index is -0.0945. The lowest BCUT2D eigenvalue weighted by atomic mass is 9.96. The van der Waals surface area contributed by atoms with Gasteiger partial charge in [-0.15, -0.1) is 0 Å². The van der Waals surface area contributed by atoms with Crippen LogP contribution in [-0.4, -0.2) is 64.1 Å². The summed E-state index contributed by atoms with van der Waals surface area (Å²) in [6, 6.07) is 5.23. The van der Waals surface area contributed by atoms with Gasteiger partial charge in [-0.1, -0.05) is 6.07 Å². The summed E-state index contributed by atoms with van der Waals surface area (Å²) in [7, 11) is 4.17. The number of hydrogen-bond donors (Lipinski definition) is 1. The minimum Gasteiger partial charge on any atom is -0.507 e. The zero-order chi connectivity index (χ0) is 19.4. The molecule has 1 atom stereocenters. The van der Waals surface area contributed by atoms with Crippen molar-refractivity contribution < 1.29 is 9.90 Å². The fourth-order valence-electron chi connectivity index (χ4n) is 3.79. The molecule has 1 fully saturated rings. The number of imidazole rings is 1. The lowest BCUT2D eigenvalue weighted by molar-refractivity contribution is 0.0700. The molecule has 0 radical (unpaired) electrons. The lowest BCUT2D eigenvalue weighted by Gasteiger charge is -2.33. The number of rotatable bonds is 6. The van der Waals surface area contributed by atoms with E-state index in [1.54, 1.807) is 12.1 Å². The van der Waals surface area contributed by atoms with Crippen molar-refractivity contribution in [3.8, 4) is 5.75 Å². The van der Waals surface area contributed by atoms with E-state index in [-0.39, 0.29) is 17.6 Å². The second kappa shape index (κ2) is 8.57. The van der Waals surface area contributed by atoms with Crippen LogP contribution in [0.1, 0.15) is 46.9 Å². The number of benzene rings is 1. The van der Waals surface area contributed by atoms with E-state index in [2.05, 4.69) is 28.5 Å². The Balaban J connectivity index is 1.69. The molecule has 1 aromatic carbocycles. The highest BCUT2D eigenvalue weighted by Gasteiger charge is 2.29. The first kappa shape index (κ1) is 19.4. The molecule has 1 amide bonds. The van der Waals surface area contributed by atoms with Gasteiger partial charge in [0.15, 0.2) is 0 Å². The molecule has 1 N–H and O–H groups in total. The van der Waals surface area contributed by atoms with E-state index in [9.17, 15) is 9.90 Å². The number of likely N-dealkylation sites (tertiary alicyclic amines) is 1. The molecule has 0 saturated carbocycles. The Morgan fingerprint density at radius 1 is 1.37 bits per heavy atom. The highest BCUT2D eigenvalue weighted by molar-refractivity contribution is 5.97. The number of aromatic hydroxyl groups is 1. The Kier molecular flexibility index (Phi) is 6.16. The van der Waals surface area contributed by atoms with Gasteiger partial charge in [0.25, 0.3) is 5.91 Å². The van der Waals surface area contributed by atoms with Crippen LogP contribution >= 0.6 is 0 Å². The Morgan fingerprint density at radius 3 is 2.93 bits per heavy atom. The van der Waals surface area contributed by atoms with Crippen LogP contribution in [0, 0.1) is 6.92 Å². The Morgan fingerprint density at radius 2 is 2.19 bits per heavy atom. The van der Waals surface area contributed by atoms with Gasteiger partial charge in [-0.3, -0.25) is 4.79 Å². The number of aryl methyl sites for hydroxylation is 2. The number of amides is 1. The van der Waals surface area contributed by atoms with E-state index in [0.29, 0.717) is 12.1 Å². The smallest absolute Gasteiger partial charge is 0.257 e. The molecule has 3 rings (SSSR count). The van der Waals surface area contributed by atoms with Crippen LogP contribution in [0.25, 0.3) is 0 Å². The number of phenolic OH excluding ortho intramolecular Hbond substituents is 1. The maximum absolute atomic E-state index is 12.9. The third kappa shape index (κ3) is 4.69. The van der Waals surface area contributed by atoms with Gasteiger partial charge in [-0.2, -0.15) is 0 Å². The van der Waals surface area contributed by atoms with Crippen molar-refractivity contribution in [1.82, 2.24) is 19.4 Å². The fourth-order valence-corrected chi connectivity index (χ4v) is 3.79. The van der Waals surface area contributed by atoms with Crippen molar-refractivity contribution in [1.29, 1.82) is 0 Å². The molecule has 1 aromatic heterocycles. The first-order valence-electron chi connectivity index (χ1n) is 9.70. The zero-order valence-electron chi connectivity index (χ0n) is 16.6. The summed E-state index contributed by atoms with van der Waals surface area (Å²) in [4.78, 5) is 21.6. The summed E-state index contributed by atoms with van der Waals surface area (Å²) in [6.45, 7) is 5.26. The van der Waals surface area contributed by atoms with Gasteiger partial charge < -0.3 is 19.5 Å². The largest absolute Gasteiger partial charge is 0.507 e. The molecular weight excluding hydrogens is 340 g/mol. The molecule has 6 nitrogen and oxygen atoms in total. The molecule has 1 aliphatic rings. The molecule has 0 unspecified atom stereocenters. The van der Waals surface area contributed by atoms with E-state index in [1.165, 1.54) is 0 Å². The maximum atomic E-state index is 12.9. The van der Waals surface area contributed by atoms with Gasteiger partial charge in [-0.25, -0.2) is 4.98 Å². The first-order valence-corrected chi connectivity index (χ1v) is 9.70. The quantitative estimate of drug-likeness (QED) is 0.849. The molecule has 146 valence electrons. The summed E-state index contributed by atoms with van der Waals surface area (Å²) in [5, 5.41) is 10.2. The molecule has 2 aromatic rings. The van der Waals surface area contributed by atoms with Gasteiger partial charge in [0.05, 0.1) is 5.56 Å². The normalized spacial score (nSPS) is 17.5. The van der Waals surface area contributed by atoms with Gasteiger partial charge in [0.2, 0.25) is 0 Å². The Bertz CT molecular complexity index is 784. The zero-order valence-corrected chi connectivity index (χ0v) is 16.6. The Labute approximate surface area is 161 Å². The highest BCUT2D eigenvalue weighted by atomic mass is 16.3. The van der Waals surface area contributed by atoms with E-state index in [1.807, 2.05) is 30.3 Å². The molecule has 0 bridgehead atoms. The number of phenols is 1. The van der Waals surface area contributed by atoms with Crippen LogP contribution in [-0.2, 0) is 6.54 Å². The molecule has 6 heteroatoms. The predicted molar refractivity (Wildman–Crippen MR) is 106 cm³/mol. The number of aromatic nitrogens is 2. The van der Waals surface area contributed by atoms with Crippen molar-refractivity contribution in [3.05, 3.63) is 47.5 Å². The fraction of sp³-hybridized carbons (Fsp3) is 0.524. The topological polar surface area (TPSA) is 61.6 Å². The number of carbonyl (C=O) groups excluding carboxylic acids is 1.